The van der Waals surface area contributed by atoms with Crippen LogP contribution in [0.1, 0.15) is 24.9 Å². The van der Waals surface area contributed by atoms with E-state index in [-0.39, 0.29) is 10.8 Å². The summed E-state index contributed by atoms with van der Waals surface area (Å²) in [4.78, 5) is 22.1. The third kappa shape index (κ3) is 5.55. The van der Waals surface area contributed by atoms with Crippen LogP contribution in [-0.2, 0) is 19.6 Å². The van der Waals surface area contributed by atoms with E-state index in [1.165, 1.54) is 31.2 Å². The third-order valence-corrected chi connectivity index (χ3v) is 5.17. The van der Waals surface area contributed by atoms with Crippen molar-refractivity contribution in [1.82, 2.24) is 4.72 Å². The summed E-state index contributed by atoms with van der Waals surface area (Å²) in [6.07, 6.45) is -0.426. The molecule has 0 aliphatic carbocycles. The molecule has 0 spiro atoms. The summed E-state index contributed by atoms with van der Waals surface area (Å²) in [5.74, 6) is -1.42. The third-order valence-electron chi connectivity index (χ3n) is 3.43. The predicted molar refractivity (Wildman–Crippen MR) is 97.5 cm³/mol. The molecule has 0 aromatic heterocycles. The Kier molecular flexibility index (Phi) is 6.36. The van der Waals surface area contributed by atoms with Gasteiger partial charge in [0, 0.05) is 17.6 Å². The van der Waals surface area contributed by atoms with Crippen LogP contribution in [0.4, 0.5) is 5.69 Å². The van der Waals surface area contributed by atoms with Crippen LogP contribution in [0, 0.1) is 0 Å². The molecule has 26 heavy (non-hydrogen) atoms. The lowest BCUT2D eigenvalue weighted by atomic mass is 10.1. The molecule has 2 aromatic carbocycles. The number of aliphatic carboxylic acids is 1. The lowest BCUT2D eigenvalue weighted by Gasteiger charge is -2.18. The maximum atomic E-state index is 12.6. The number of halogens is 1. The molecule has 0 saturated heterocycles. The van der Waals surface area contributed by atoms with Crippen LogP contribution in [0.25, 0.3) is 0 Å². The molecule has 9 heteroatoms. The molecule has 0 aliphatic heterocycles. The van der Waals surface area contributed by atoms with Gasteiger partial charge in [-0.05, 0) is 42.0 Å². The van der Waals surface area contributed by atoms with Crippen molar-refractivity contribution in [2.24, 2.45) is 0 Å². The van der Waals surface area contributed by atoms with Gasteiger partial charge in [-0.25, -0.2) is 13.1 Å². The molecule has 0 bridgehead atoms. The average molecular weight is 397 g/mol. The normalized spacial score (nSPS) is 12.4. The molecule has 0 unspecified atom stereocenters. The highest BCUT2D eigenvalue weighted by Crippen LogP contribution is 2.23. The quantitative estimate of drug-likeness (QED) is 0.666. The van der Waals surface area contributed by atoms with Crippen LogP contribution in [0.15, 0.2) is 53.4 Å². The molecule has 0 saturated carbocycles. The minimum atomic E-state index is -3.97. The van der Waals surface area contributed by atoms with Gasteiger partial charge >= 0.3 is 5.97 Å². The summed E-state index contributed by atoms with van der Waals surface area (Å²) < 4.78 is 27.6. The number of carbonyl (C=O) groups is 2. The van der Waals surface area contributed by atoms with E-state index in [1.54, 1.807) is 24.3 Å². The fourth-order valence-electron chi connectivity index (χ4n) is 2.27. The molecular formula is C17H17ClN2O5S. The molecule has 0 radical (unpaired) electrons. The zero-order chi connectivity index (χ0) is 19.3. The number of benzene rings is 2. The Balaban J connectivity index is 2.26. The van der Waals surface area contributed by atoms with E-state index in [1.807, 2.05) is 0 Å². The second kappa shape index (κ2) is 8.31. The van der Waals surface area contributed by atoms with Crippen LogP contribution in [0.2, 0.25) is 5.02 Å². The highest BCUT2D eigenvalue weighted by molar-refractivity contribution is 7.89. The second-order valence-corrected chi connectivity index (χ2v) is 7.68. The van der Waals surface area contributed by atoms with Crippen LogP contribution >= 0.6 is 11.6 Å². The number of carboxylic acids is 1. The Morgan fingerprint density at radius 1 is 1.08 bits per heavy atom. The van der Waals surface area contributed by atoms with Gasteiger partial charge in [-0.1, -0.05) is 23.7 Å². The summed E-state index contributed by atoms with van der Waals surface area (Å²) in [6, 6.07) is 10.8. The SMILES string of the molecule is CC(=O)Nc1ccc(S(=O)(=O)N[C@H](CC(=O)O)c2ccc(Cl)cc2)cc1. The van der Waals surface area contributed by atoms with Crippen molar-refractivity contribution in [1.29, 1.82) is 0 Å². The van der Waals surface area contributed by atoms with Gasteiger partial charge in [-0.2, -0.15) is 0 Å². The van der Waals surface area contributed by atoms with Crippen molar-refractivity contribution in [3.05, 3.63) is 59.1 Å². The number of hydrogen-bond donors (Lipinski definition) is 3. The van der Waals surface area contributed by atoms with Gasteiger partial charge in [0.25, 0.3) is 0 Å². The van der Waals surface area contributed by atoms with Crippen molar-refractivity contribution < 1.29 is 23.1 Å². The van der Waals surface area contributed by atoms with E-state index in [4.69, 9.17) is 16.7 Å². The van der Waals surface area contributed by atoms with Gasteiger partial charge in [-0.3, -0.25) is 9.59 Å². The molecule has 3 N–H and O–H groups in total. The molecule has 7 nitrogen and oxygen atoms in total. The van der Waals surface area contributed by atoms with E-state index in [0.29, 0.717) is 16.3 Å². The Labute approximate surface area is 156 Å². The van der Waals surface area contributed by atoms with Gasteiger partial charge in [0.2, 0.25) is 15.9 Å². The first kappa shape index (κ1) is 19.9. The molecule has 0 heterocycles. The minimum Gasteiger partial charge on any atom is -0.481 e. The summed E-state index contributed by atoms with van der Waals surface area (Å²) in [5, 5.41) is 12.1. The summed E-state index contributed by atoms with van der Waals surface area (Å²) in [5.41, 5.74) is 0.937. The predicted octanol–water partition coefficient (Wildman–Crippen LogP) is 2.79. The van der Waals surface area contributed by atoms with Gasteiger partial charge in [-0.15, -0.1) is 0 Å². The van der Waals surface area contributed by atoms with Crippen molar-refractivity contribution >= 4 is 39.2 Å². The summed E-state index contributed by atoms with van der Waals surface area (Å²) in [7, 11) is -3.97. The Morgan fingerprint density at radius 2 is 1.65 bits per heavy atom. The first-order valence-electron chi connectivity index (χ1n) is 7.54. The van der Waals surface area contributed by atoms with Crippen LogP contribution in [0.3, 0.4) is 0 Å². The molecule has 2 rings (SSSR count). The smallest absolute Gasteiger partial charge is 0.305 e. The maximum Gasteiger partial charge on any atom is 0.305 e. The highest BCUT2D eigenvalue weighted by Gasteiger charge is 2.23. The zero-order valence-electron chi connectivity index (χ0n) is 13.8. The van der Waals surface area contributed by atoms with E-state index in [9.17, 15) is 18.0 Å². The molecule has 138 valence electrons. The fraction of sp³-hybridized carbons (Fsp3) is 0.176. The number of anilines is 1. The van der Waals surface area contributed by atoms with E-state index < -0.39 is 28.5 Å². The molecule has 0 fully saturated rings. The van der Waals surface area contributed by atoms with E-state index >= 15 is 0 Å². The number of hydrogen-bond acceptors (Lipinski definition) is 4. The van der Waals surface area contributed by atoms with Crippen molar-refractivity contribution in [2.75, 3.05) is 5.32 Å². The zero-order valence-corrected chi connectivity index (χ0v) is 15.3. The van der Waals surface area contributed by atoms with Crippen molar-refractivity contribution in [3.8, 4) is 0 Å². The standard InChI is InChI=1S/C17H17ClN2O5S/c1-11(21)19-14-6-8-15(9-7-14)26(24,25)20-16(10-17(22)23)12-2-4-13(18)5-3-12/h2-9,16,20H,10H2,1H3,(H,19,21)(H,22,23)/t16-/m1/s1. The fourth-order valence-corrected chi connectivity index (χ4v) is 3.62. The first-order chi connectivity index (χ1) is 12.2. The van der Waals surface area contributed by atoms with Gasteiger partial charge < -0.3 is 10.4 Å². The van der Waals surface area contributed by atoms with E-state index in [0.717, 1.165) is 0 Å². The minimum absolute atomic E-state index is 0.0454. The Bertz CT molecular complexity index is 896. The Hall–Kier alpha value is -2.42. The van der Waals surface area contributed by atoms with Gasteiger partial charge in [0.15, 0.2) is 0 Å². The highest BCUT2D eigenvalue weighted by atomic mass is 35.5. The number of amides is 1. The van der Waals surface area contributed by atoms with Crippen LogP contribution < -0.4 is 10.0 Å². The van der Waals surface area contributed by atoms with Crippen LogP contribution in [-0.4, -0.2) is 25.4 Å². The average Bonchev–Trinajstić information content (AvgIpc) is 2.54. The maximum absolute atomic E-state index is 12.6. The monoisotopic (exact) mass is 396 g/mol. The number of carboxylic acid groups (broad SMARTS) is 1. The molecule has 1 atom stereocenters. The number of carbonyl (C=O) groups excluding carboxylic acids is 1. The van der Waals surface area contributed by atoms with Gasteiger partial charge in [0.1, 0.15) is 0 Å². The largest absolute Gasteiger partial charge is 0.481 e. The number of sulfonamides is 1. The number of nitrogens with one attached hydrogen (secondary N) is 2. The Morgan fingerprint density at radius 3 is 2.15 bits per heavy atom. The van der Waals surface area contributed by atoms with Crippen molar-refractivity contribution in [3.63, 3.8) is 0 Å². The topological polar surface area (TPSA) is 113 Å². The van der Waals surface area contributed by atoms with Gasteiger partial charge in [0.05, 0.1) is 17.4 Å². The lowest BCUT2D eigenvalue weighted by Crippen LogP contribution is -2.30. The number of rotatable bonds is 7. The summed E-state index contributed by atoms with van der Waals surface area (Å²) in [6.45, 7) is 1.34. The summed E-state index contributed by atoms with van der Waals surface area (Å²) >= 11 is 5.82. The molecular weight excluding hydrogens is 380 g/mol. The molecule has 2 aromatic rings. The second-order valence-electron chi connectivity index (χ2n) is 5.53. The molecule has 1 amide bonds. The molecule has 0 aliphatic rings. The lowest BCUT2D eigenvalue weighted by molar-refractivity contribution is -0.137. The van der Waals surface area contributed by atoms with Crippen LogP contribution in [0.5, 0.6) is 0 Å². The van der Waals surface area contributed by atoms with Crippen molar-refractivity contribution in [2.45, 2.75) is 24.3 Å². The first-order valence-corrected chi connectivity index (χ1v) is 9.41. The van der Waals surface area contributed by atoms with E-state index in [2.05, 4.69) is 10.0 Å².